The minimum atomic E-state index is -3.80. The summed E-state index contributed by atoms with van der Waals surface area (Å²) >= 11 is 0. The molecular formula is C13H17FN4O2S. The molecule has 8 heteroatoms. The molecule has 0 amide bonds. The van der Waals surface area contributed by atoms with E-state index in [9.17, 15) is 12.8 Å². The van der Waals surface area contributed by atoms with Crippen LogP contribution in [0.25, 0.3) is 0 Å². The summed E-state index contributed by atoms with van der Waals surface area (Å²) in [5.74, 6) is 0.117. The standard InChI is InChI=1S/C13H17FN4O2S/c1-9-11(14)7-10(8-12(9)15)21(19,20)17-4-3-13-16-5-6-18(13)2/h5-8,17H,3-4,15H2,1-2H3. The molecule has 2 rings (SSSR count). The molecule has 1 aromatic heterocycles. The van der Waals surface area contributed by atoms with E-state index in [-0.39, 0.29) is 22.7 Å². The second-order valence-electron chi connectivity index (χ2n) is 4.72. The molecule has 0 radical (unpaired) electrons. The van der Waals surface area contributed by atoms with Crippen LogP contribution < -0.4 is 10.5 Å². The van der Waals surface area contributed by atoms with Crippen molar-refractivity contribution in [3.63, 3.8) is 0 Å². The Balaban J connectivity index is 2.10. The van der Waals surface area contributed by atoms with Crippen molar-refractivity contribution in [2.24, 2.45) is 7.05 Å². The molecule has 114 valence electrons. The van der Waals surface area contributed by atoms with Crippen LogP contribution in [0.2, 0.25) is 0 Å². The van der Waals surface area contributed by atoms with Gasteiger partial charge in [-0.3, -0.25) is 0 Å². The van der Waals surface area contributed by atoms with E-state index in [1.807, 2.05) is 7.05 Å². The number of imidazole rings is 1. The zero-order valence-corrected chi connectivity index (χ0v) is 12.6. The monoisotopic (exact) mass is 312 g/mol. The number of nitrogens with two attached hydrogens (primary N) is 1. The molecule has 0 saturated carbocycles. The number of rotatable bonds is 5. The van der Waals surface area contributed by atoms with Gasteiger partial charge in [-0.25, -0.2) is 22.5 Å². The quantitative estimate of drug-likeness (QED) is 0.805. The van der Waals surface area contributed by atoms with Gasteiger partial charge in [0.2, 0.25) is 10.0 Å². The van der Waals surface area contributed by atoms with Crippen LogP contribution in [-0.4, -0.2) is 24.5 Å². The molecule has 2 aromatic rings. The molecular weight excluding hydrogens is 295 g/mol. The Hall–Kier alpha value is -1.93. The predicted molar refractivity (Wildman–Crippen MR) is 77.6 cm³/mol. The van der Waals surface area contributed by atoms with Gasteiger partial charge in [0.05, 0.1) is 4.90 Å². The van der Waals surface area contributed by atoms with Crippen LogP contribution in [0, 0.1) is 12.7 Å². The van der Waals surface area contributed by atoms with Gasteiger partial charge in [0.25, 0.3) is 0 Å². The summed E-state index contributed by atoms with van der Waals surface area (Å²) in [6, 6.07) is 2.22. The number of hydrogen-bond acceptors (Lipinski definition) is 4. The van der Waals surface area contributed by atoms with E-state index in [0.29, 0.717) is 6.42 Å². The largest absolute Gasteiger partial charge is 0.398 e. The molecule has 0 spiro atoms. The number of aryl methyl sites for hydroxylation is 1. The number of sulfonamides is 1. The van der Waals surface area contributed by atoms with Gasteiger partial charge in [0, 0.05) is 43.7 Å². The van der Waals surface area contributed by atoms with Gasteiger partial charge in [-0.15, -0.1) is 0 Å². The fourth-order valence-electron chi connectivity index (χ4n) is 1.85. The van der Waals surface area contributed by atoms with Crippen LogP contribution in [0.15, 0.2) is 29.4 Å². The maximum absolute atomic E-state index is 13.6. The number of hydrogen-bond donors (Lipinski definition) is 2. The molecule has 0 aliphatic rings. The lowest BCUT2D eigenvalue weighted by atomic mass is 10.2. The van der Waals surface area contributed by atoms with E-state index in [1.54, 1.807) is 17.0 Å². The molecule has 21 heavy (non-hydrogen) atoms. The average Bonchev–Trinajstić information content (AvgIpc) is 2.81. The molecule has 0 fully saturated rings. The first-order valence-electron chi connectivity index (χ1n) is 6.33. The highest BCUT2D eigenvalue weighted by Crippen LogP contribution is 2.20. The Morgan fingerprint density at radius 2 is 2.14 bits per heavy atom. The first-order valence-corrected chi connectivity index (χ1v) is 7.81. The fourth-order valence-corrected chi connectivity index (χ4v) is 2.93. The zero-order chi connectivity index (χ0) is 15.6. The van der Waals surface area contributed by atoms with E-state index < -0.39 is 15.8 Å². The van der Waals surface area contributed by atoms with Crippen molar-refractivity contribution in [3.8, 4) is 0 Å². The van der Waals surface area contributed by atoms with Gasteiger partial charge in [0.1, 0.15) is 11.6 Å². The molecule has 0 aliphatic carbocycles. The smallest absolute Gasteiger partial charge is 0.240 e. The van der Waals surface area contributed by atoms with E-state index in [1.165, 1.54) is 13.0 Å². The number of aromatic nitrogens is 2. The van der Waals surface area contributed by atoms with Crippen LogP contribution in [0.1, 0.15) is 11.4 Å². The topological polar surface area (TPSA) is 90.0 Å². The Labute approximate surface area is 122 Å². The Bertz CT molecular complexity index is 732. The van der Waals surface area contributed by atoms with Crippen LogP contribution in [0.4, 0.5) is 10.1 Å². The fraction of sp³-hybridized carbons (Fsp3) is 0.308. The van der Waals surface area contributed by atoms with Gasteiger partial charge in [-0.05, 0) is 19.1 Å². The number of nitrogen functional groups attached to an aromatic ring is 1. The van der Waals surface area contributed by atoms with E-state index in [2.05, 4.69) is 9.71 Å². The number of halogens is 1. The van der Waals surface area contributed by atoms with Gasteiger partial charge in [-0.2, -0.15) is 0 Å². The molecule has 0 aliphatic heterocycles. The molecule has 0 saturated heterocycles. The minimum Gasteiger partial charge on any atom is -0.398 e. The van der Waals surface area contributed by atoms with Crippen molar-refractivity contribution >= 4 is 15.7 Å². The first-order chi connectivity index (χ1) is 9.81. The van der Waals surface area contributed by atoms with E-state index in [0.717, 1.165) is 11.9 Å². The van der Waals surface area contributed by atoms with Crippen molar-refractivity contribution in [2.75, 3.05) is 12.3 Å². The third kappa shape index (κ3) is 3.40. The third-order valence-corrected chi connectivity index (χ3v) is 4.67. The number of benzene rings is 1. The average molecular weight is 312 g/mol. The second kappa shape index (κ2) is 5.82. The molecule has 0 unspecified atom stereocenters. The van der Waals surface area contributed by atoms with Crippen LogP contribution in [-0.2, 0) is 23.5 Å². The van der Waals surface area contributed by atoms with E-state index in [4.69, 9.17) is 5.73 Å². The summed E-state index contributed by atoms with van der Waals surface area (Å²) < 4.78 is 42.0. The minimum absolute atomic E-state index is 0.111. The number of nitrogens with zero attached hydrogens (tertiary/aromatic N) is 2. The molecule has 0 bridgehead atoms. The van der Waals surface area contributed by atoms with Gasteiger partial charge in [-0.1, -0.05) is 0 Å². The van der Waals surface area contributed by atoms with Crippen molar-refractivity contribution in [1.29, 1.82) is 0 Å². The maximum Gasteiger partial charge on any atom is 0.240 e. The Kier molecular flexibility index (Phi) is 4.29. The molecule has 1 heterocycles. The summed E-state index contributed by atoms with van der Waals surface area (Å²) in [5, 5.41) is 0. The lowest BCUT2D eigenvalue weighted by Crippen LogP contribution is -2.27. The van der Waals surface area contributed by atoms with Gasteiger partial charge < -0.3 is 10.3 Å². The summed E-state index contributed by atoms with van der Waals surface area (Å²) in [6.45, 7) is 1.66. The predicted octanol–water partition coefficient (Wildman–Crippen LogP) is 0.971. The molecule has 6 nitrogen and oxygen atoms in total. The Morgan fingerprint density at radius 1 is 1.43 bits per heavy atom. The number of anilines is 1. The summed E-state index contributed by atoms with van der Waals surface area (Å²) in [6.07, 6.45) is 3.85. The highest BCUT2D eigenvalue weighted by molar-refractivity contribution is 7.89. The van der Waals surface area contributed by atoms with Crippen molar-refractivity contribution in [2.45, 2.75) is 18.2 Å². The van der Waals surface area contributed by atoms with Crippen LogP contribution in [0.5, 0.6) is 0 Å². The zero-order valence-electron chi connectivity index (χ0n) is 11.8. The number of nitrogens with one attached hydrogen (secondary N) is 1. The normalized spacial score (nSPS) is 11.8. The second-order valence-corrected chi connectivity index (χ2v) is 6.49. The summed E-state index contributed by atoms with van der Waals surface area (Å²) in [5.41, 5.74) is 5.95. The van der Waals surface area contributed by atoms with Crippen LogP contribution in [0.3, 0.4) is 0 Å². The first kappa shape index (κ1) is 15.5. The van der Waals surface area contributed by atoms with Crippen LogP contribution >= 0.6 is 0 Å². The molecule has 1 aromatic carbocycles. The van der Waals surface area contributed by atoms with Gasteiger partial charge >= 0.3 is 0 Å². The molecule has 3 N–H and O–H groups in total. The van der Waals surface area contributed by atoms with Gasteiger partial charge in [0.15, 0.2) is 0 Å². The SMILES string of the molecule is Cc1c(N)cc(S(=O)(=O)NCCc2nccn2C)cc1F. The highest BCUT2D eigenvalue weighted by Gasteiger charge is 2.17. The lowest BCUT2D eigenvalue weighted by Gasteiger charge is -2.09. The Morgan fingerprint density at radius 3 is 2.71 bits per heavy atom. The maximum atomic E-state index is 13.6. The van der Waals surface area contributed by atoms with Crippen molar-refractivity contribution < 1.29 is 12.8 Å². The van der Waals surface area contributed by atoms with E-state index >= 15 is 0 Å². The van der Waals surface area contributed by atoms with Crippen molar-refractivity contribution in [1.82, 2.24) is 14.3 Å². The summed E-state index contributed by atoms with van der Waals surface area (Å²) in [4.78, 5) is 3.92. The van der Waals surface area contributed by atoms with Crippen molar-refractivity contribution in [3.05, 3.63) is 41.7 Å². The lowest BCUT2D eigenvalue weighted by molar-refractivity contribution is 0.575. The molecule has 0 atom stereocenters. The third-order valence-electron chi connectivity index (χ3n) is 3.23. The summed E-state index contributed by atoms with van der Waals surface area (Å²) in [7, 11) is -1.97. The highest BCUT2D eigenvalue weighted by atomic mass is 32.2.